The third-order valence-electron chi connectivity index (χ3n) is 1.69. The van der Waals surface area contributed by atoms with Crippen molar-refractivity contribution in [2.24, 2.45) is 0 Å². The van der Waals surface area contributed by atoms with Gasteiger partial charge in [0.15, 0.2) is 5.69 Å². The monoisotopic (exact) mass is 248 g/mol. The Kier molecular flexibility index (Phi) is 3.88. The molecule has 0 atom stereocenters. The molecule has 8 heteroatoms. The van der Waals surface area contributed by atoms with Crippen molar-refractivity contribution in [1.82, 2.24) is 4.98 Å². The van der Waals surface area contributed by atoms with Gasteiger partial charge in [0.25, 0.3) is 6.01 Å². The number of nitrogens with zero attached hydrogens (tertiary/aromatic N) is 1. The highest BCUT2D eigenvalue weighted by atomic mass is 32.2. The summed E-state index contributed by atoms with van der Waals surface area (Å²) in [5.41, 5.74) is -0.189. The number of rotatable bonds is 6. The Balaban J connectivity index is 2.35. The molecule has 2 N–H and O–H groups in total. The number of hydrogen-bond acceptors (Lipinski definition) is 6. The van der Waals surface area contributed by atoms with E-state index in [-0.39, 0.29) is 17.5 Å². The zero-order valence-corrected chi connectivity index (χ0v) is 9.45. The first-order valence-electron chi connectivity index (χ1n) is 4.49. The normalized spacial score (nSPS) is 11.3. The van der Waals surface area contributed by atoms with E-state index in [9.17, 15) is 13.2 Å². The summed E-state index contributed by atoms with van der Waals surface area (Å²) in [7, 11) is -2.97. The Morgan fingerprint density at radius 2 is 2.31 bits per heavy atom. The third-order valence-corrected chi connectivity index (χ3v) is 2.72. The SMILES string of the molecule is CS(=O)(=O)CCCNc1nc(C(=O)O)co1. The largest absolute Gasteiger partial charge is 0.476 e. The van der Waals surface area contributed by atoms with Gasteiger partial charge >= 0.3 is 5.97 Å². The molecular formula is C8H12N2O5S. The van der Waals surface area contributed by atoms with Crippen molar-refractivity contribution in [3.63, 3.8) is 0 Å². The van der Waals surface area contributed by atoms with Crippen LogP contribution in [0.4, 0.5) is 6.01 Å². The summed E-state index contributed by atoms with van der Waals surface area (Å²) in [6.07, 6.45) is 2.57. The highest BCUT2D eigenvalue weighted by Crippen LogP contribution is 2.07. The van der Waals surface area contributed by atoms with Crippen LogP contribution in [-0.2, 0) is 9.84 Å². The van der Waals surface area contributed by atoms with Crippen molar-refractivity contribution in [1.29, 1.82) is 0 Å². The molecule has 0 aromatic carbocycles. The standard InChI is InChI=1S/C8H12N2O5S/c1-16(13,14)4-2-3-9-8-10-6(5-15-8)7(11)12/h5H,2-4H2,1H3,(H,9,10)(H,11,12). The van der Waals surface area contributed by atoms with Gasteiger partial charge in [-0.05, 0) is 6.42 Å². The lowest BCUT2D eigenvalue weighted by atomic mass is 10.5. The summed E-state index contributed by atoms with van der Waals surface area (Å²) in [4.78, 5) is 14.1. The van der Waals surface area contributed by atoms with Crippen molar-refractivity contribution < 1.29 is 22.7 Å². The number of aromatic nitrogens is 1. The van der Waals surface area contributed by atoms with Crippen LogP contribution in [-0.4, -0.2) is 43.0 Å². The molecule has 0 aliphatic heterocycles. The highest BCUT2D eigenvalue weighted by Gasteiger charge is 2.09. The number of aromatic carboxylic acids is 1. The molecule has 0 bridgehead atoms. The minimum absolute atomic E-state index is 0.0620. The Labute approximate surface area is 92.4 Å². The number of sulfone groups is 1. The zero-order chi connectivity index (χ0) is 12.2. The van der Waals surface area contributed by atoms with Crippen molar-refractivity contribution in [2.75, 3.05) is 23.9 Å². The number of hydrogen-bond donors (Lipinski definition) is 2. The van der Waals surface area contributed by atoms with Gasteiger partial charge in [0.1, 0.15) is 16.1 Å². The van der Waals surface area contributed by atoms with Gasteiger partial charge in [-0.25, -0.2) is 13.2 Å². The van der Waals surface area contributed by atoms with E-state index in [2.05, 4.69) is 10.3 Å². The molecule has 0 unspecified atom stereocenters. The maximum atomic E-state index is 10.8. The second-order valence-corrected chi connectivity index (χ2v) is 5.51. The van der Waals surface area contributed by atoms with Gasteiger partial charge in [-0.3, -0.25) is 0 Å². The van der Waals surface area contributed by atoms with Crippen LogP contribution in [0.1, 0.15) is 16.9 Å². The lowest BCUT2D eigenvalue weighted by molar-refractivity contribution is 0.0690. The van der Waals surface area contributed by atoms with Gasteiger partial charge in [-0.1, -0.05) is 0 Å². The predicted molar refractivity (Wildman–Crippen MR) is 56.3 cm³/mol. The fourth-order valence-electron chi connectivity index (χ4n) is 0.983. The van der Waals surface area contributed by atoms with Crippen molar-refractivity contribution in [2.45, 2.75) is 6.42 Å². The van der Waals surface area contributed by atoms with E-state index in [1.54, 1.807) is 0 Å². The number of oxazole rings is 1. The first-order chi connectivity index (χ1) is 7.38. The lowest BCUT2D eigenvalue weighted by Crippen LogP contribution is -2.10. The van der Waals surface area contributed by atoms with Gasteiger partial charge in [-0.2, -0.15) is 4.98 Å². The maximum absolute atomic E-state index is 10.8. The molecule has 0 fully saturated rings. The van der Waals surface area contributed by atoms with E-state index in [1.807, 2.05) is 0 Å². The zero-order valence-electron chi connectivity index (χ0n) is 8.63. The number of nitrogens with one attached hydrogen (secondary N) is 1. The summed E-state index contributed by atoms with van der Waals surface area (Å²) in [6, 6.07) is 0.0749. The fraction of sp³-hybridized carbons (Fsp3) is 0.500. The Morgan fingerprint density at radius 3 is 2.81 bits per heavy atom. The minimum atomic E-state index is -2.97. The molecule has 1 aromatic heterocycles. The van der Waals surface area contributed by atoms with Crippen LogP contribution >= 0.6 is 0 Å². The molecule has 0 saturated carbocycles. The third kappa shape index (κ3) is 4.30. The molecule has 1 heterocycles. The van der Waals surface area contributed by atoms with Gasteiger partial charge in [0, 0.05) is 12.8 Å². The number of carboxylic acids is 1. The van der Waals surface area contributed by atoms with Crippen LogP contribution in [0.25, 0.3) is 0 Å². The molecule has 0 saturated heterocycles. The topological polar surface area (TPSA) is 110 Å². The summed E-state index contributed by atoms with van der Waals surface area (Å²) >= 11 is 0. The molecule has 0 amide bonds. The lowest BCUT2D eigenvalue weighted by Gasteiger charge is -1.99. The van der Waals surface area contributed by atoms with Gasteiger partial charge in [0.2, 0.25) is 0 Å². The van der Waals surface area contributed by atoms with E-state index < -0.39 is 15.8 Å². The van der Waals surface area contributed by atoms with Crippen LogP contribution in [0.3, 0.4) is 0 Å². The molecule has 1 aromatic rings. The van der Waals surface area contributed by atoms with Gasteiger partial charge < -0.3 is 14.8 Å². The average Bonchev–Trinajstić information content (AvgIpc) is 2.59. The Bertz CT molecular complexity index is 465. The van der Waals surface area contributed by atoms with Crippen LogP contribution in [0.2, 0.25) is 0 Å². The maximum Gasteiger partial charge on any atom is 0.357 e. The first kappa shape index (κ1) is 12.5. The van der Waals surface area contributed by atoms with Crippen LogP contribution in [0, 0.1) is 0 Å². The van der Waals surface area contributed by atoms with Crippen molar-refractivity contribution >= 4 is 21.8 Å². The highest BCUT2D eigenvalue weighted by molar-refractivity contribution is 7.90. The smallest absolute Gasteiger partial charge is 0.357 e. The molecule has 1 rings (SSSR count). The molecule has 0 aliphatic carbocycles. The number of anilines is 1. The average molecular weight is 248 g/mol. The quantitative estimate of drug-likeness (QED) is 0.693. The summed E-state index contributed by atoms with van der Waals surface area (Å²) < 4.78 is 26.4. The molecule has 7 nitrogen and oxygen atoms in total. The van der Waals surface area contributed by atoms with Crippen LogP contribution in [0.15, 0.2) is 10.7 Å². The molecule has 0 radical (unpaired) electrons. The fourth-order valence-corrected chi connectivity index (χ4v) is 1.65. The van der Waals surface area contributed by atoms with E-state index in [0.29, 0.717) is 13.0 Å². The minimum Gasteiger partial charge on any atom is -0.476 e. The predicted octanol–water partition coefficient (Wildman–Crippen LogP) is 0.219. The number of carboxylic acid groups (broad SMARTS) is 1. The Morgan fingerprint density at radius 1 is 1.62 bits per heavy atom. The van der Waals surface area contributed by atoms with Crippen molar-refractivity contribution in [3.05, 3.63) is 12.0 Å². The molecule has 0 spiro atoms. The van der Waals surface area contributed by atoms with E-state index in [4.69, 9.17) is 9.52 Å². The summed E-state index contributed by atoms with van der Waals surface area (Å²) in [5, 5.41) is 11.2. The van der Waals surface area contributed by atoms with Crippen LogP contribution in [0.5, 0.6) is 0 Å². The van der Waals surface area contributed by atoms with Crippen LogP contribution < -0.4 is 5.32 Å². The first-order valence-corrected chi connectivity index (χ1v) is 6.55. The molecule has 90 valence electrons. The van der Waals surface area contributed by atoms with Gasteiger partial charge in [0.05, 0.1) is 5.75 Å². The van der Waals surface area contributed by atoms with Crippen molar-refractivity contribution in [3.8, 4) is 0 Å². The molecule has 0 aliphatic rings. The number of carbonyl (C=O) groups is 1. The molecular weight excluding hydrogens is 236 g/mol. The second-order valence-electron chi connectivity index (χ2n) is 3.25. The summed E-state index contributed by atoms with van der Waals surface area (Å²) in [5.74, 6) is -1.11. The van der Waals surface area contributed by atoms with E-state index in [1.165, 1.54) is 0 Å². The molecule has 16 heavy (non-hydrogen) atoms. The summed E-state index contributed by atoms with van der Waals surface area (Å²) in [6.45, 7) is 0.354. The Hall–Kier alpha value is -1.57. The van der Waals surface area contributed by atoms with E-state index in [0.717, 1.165) is 12.5 Å². The van der Waals surface area contributed by atoms with E-state index >= 15 is 0 Å². The second kappa shape index (κ2) is 4.97. The van der Waals surface area contributed by atoms with Gasteiger partial charge in [-0.15, -0.1) is 0 Å².